The number of carbonyl (C=O) groups excluding carboxylic acids is 3. The molecule has 4 amide bonds. The molecular weight excluding hydrogens is 366 g/mol. The summed E-state index contributed by atoms with van der Waals surface area (Å²) in [5.74, 6) is -0.598. The van der Waals surface area contributed by atoms with E-state index in [9.17, 15) is 14.4 Å². The molecule has 3 aliphatic carbocycles. The lowest BCUT2D eigenvalue weighted by Gasteiger charge is -2.38. The molecule has 0 unspecified atom stereocenters. The van der Waals surface area contributed by atoms with Crippen LogP contribution in [0.3, 0.4) is 0 Å². The summed E-state index contributed by atoms with van der Waals surface area (Å²) in [6, 6.07) is -0.502. The van der Waals surface area contributed by atoms with Crippen LogP contribution in [0.2, 0.25) is 0 Å². The number of aryl methyl sites for hydroxylation is 1. The molecule has 1 saturated heterocycles. The lowest BCUT2D eigenvalue weighted by Crippen LogP contribution is -2.50. The molecule has 9 heteroatoms. The maximum atomic E-state index is 12.9. The van der Waals surface area contributed by atoms with Gasteiger partial charge in [-0.2, -0.15) is 0 Å². The van der Waals surface area contributed by atoms with Crippen molar-refractivity contribution >= 4 is 34.3 Å². The van der Waals surface area contributed by atoms with Crippen LogP contribution in [-0.4, -0.2) is 39.1 Å². The molecule has 144 valence electrons. The molecule has 8 nitrogen and oxygen atoms in total. The molecule has 2 N–H and O–H groups in total. The Labute approximate surface area is 161 Å². The smallest absolute Gasteiger partial charge is 0.317 e. The van der Waals surface area contributed by atoms with Gasteiger partial charge in [0.25, 0.3) is 0 Å². The van der Waals surface area contributed by atoms with E-state index in [1.54, 1.807) is 6.92 Å². The van der Waals surface area contributed by atoms with Gasteiger partial charge in [0.2, 0.25) is 16.9 Å². The van der Waals surface area contributed by atoms with Gasteiger partial charge in [-0.1, -0.05) is 30.4 Å². The summed E-state index contributed by atoms with van der Waals surface area (Å²) in [6.07, 6.45) is 7.13. The molecule has 1 saturated carbocycles. The van der Waals surface area contributed by atoms with E-state index < -0.39 is 12.2 Å². The Morgan fingerprint density at radius 1 is 1.22 bits per heavy atom. The topological polar surface area (TPSA) is 104 Å². The fourth-order valence-electron chi connectivity index (χ4n) is 4.49. The van der Waals surface area contributed by atoms with Gasteiger partial charge in [-0.15, -0.1) is 10.2 Å². The molecule has 4 aliphatic rings. The van der Waals surface area contributed by atoms with Crippen LogP contribution in [0.1, 0.15) is 38.1 Å². The van der Waals surface area contributed by atoms with Crippen molar-refractivity contribution in [2.24, 2.45) is 23.7 Å². The Hall–Kier alpha value is -2.29. The minimum atomic E-state index is -0.710. The Morgan fingerprint density at radius 2 is 1.85 bits per heavy atom. The second-order valence-electron chi connectivity index (χ2n) is 7.41. The van der Waals surface area contributed by atoms with Crippen molar-refractivity contribution in [3.05, 3.63) is 17.2 Å². The zero-order chi connectivity index (χ0) is 19.1. The third-order valence-corrected chi connectivity index (χ3v) is 6.57. The lowest BCUT2D eigenvalue weighted by atomic mass is 9.63. The minimum Gasteiger partial charge on any atom is -0.317 e. The van der Waals surface area contributed by atoms with Gasteiger partial charge in [0, 0.05) is 6.42 Å². The van der Waals surface area contributed by atoms with Crippen LogP contribution in [0, 0.1) is 23.7 Å². The van der Waals surface area contributed by atoms with E-state index >= 15 is 0 Å². The summed E-state index contributed by atoms with van der Waals surface area (Å²) in [6.45, 7) is 3.71. The third-order valence-electron chi connectivity index (χ3n) is 5.67. The first kappa shape index (κ1) is 18.1. The number of nitrogens with zero attached hydrogens (tertiary/aromatic N) is 3. The number of anilines is 1. The number of likely N-dealkylation sites (tertiary alicyclic amines) is 1. The highest BCUT2D eigenvalue weighted by molar-refractivity contribution is 7.15. The summed E-state index contributed by atoms with van der Waals surface area (Å²) < 4.78 is 0. The zero-order valence-electron chi connectivity index (χ0n) is 15.3. The fourth-order valence-corrected chi connectivity index (χ4v) is 5.32. The average Bonchev–Trinajstić information content (AvgIpc) is 3.19. The van der Waals surface area contributed by atoms with E-state index in [0.717, 1.165) is 30.7 Å². The van der Waals surface area contributed by atoms with Gasteiger partial charge in [0.1, 0.15) is 11.2 Å². The summed E-state index contributed by atoms with van der Waals surface area (Å²) in [4.78, 5) is 39.3. The Bertz CT molecular complexity index is 775. The molecule has 1 aromatic rings. The zero-order valence-corrected chi connectivity index (χ0v) is 16.2. The molecule has 0 radical (unpaired) electrons. The van der Waals surface area contributed by atoms with E-state index in [0.29, 0.717) is 5.13 Å². The Balaban J connectivity index is 1.40. The summed E-state index contributed by atoms with van der Waals surface area (Å²) >= 11 is 1.32. The number of carbonyl (C=O) groups is 3. The van der Waals surface area contributed by atoms with E-state index in [-0.39, 0.29) is 35.5 Å². The average molecular weight is 389 g/mol. The van der Waals surface area contributed by atoms with Gasteiger partial charge in [-0.25, -0.2) is 4.79 Å². The molecule has 1 aromatic heterocycles. The van der Waals surface area contributed by atoms with Gasteiger partial charge >= 0.3 is 6.03 Å². The molecule has 5 atom stereocenters. The quantitative estimate of drug-likeness (QED) is 0.593. The van der Waals surface area contributed by atoms with E-state index in [4.69, 9.17) is 0 Å². The van der Waals surface area contributed by atoms with Crippen molar-refractivity contribution in [1.29, 1.82) is 0 Å². The first-order valence-corrected chi connectivity index (χ1v) is 10.3. The first-order chi connectivity index (χ1) is 13.0. The number of aromatic nitrogens is 2. The van der Waals surface area contributed by atoms with E-state index in [2.05, 4.69) is 33.0 Å². The van der Waals surface area contributed by atoms with Crippen molar-refractivity contribution in [2.75, 3.05) is 5.32 Å². The van der Waals surface area contributed by atoms with Crippen molar-refractivity contribution in [3.63, 3.8) is 0 Å². The van der Waals surface area contributed by atoms with Gasteiger partial charge in [0.15, 0.2) is 0 Å². The third kappa shape index (κ3) is 3.13. The summed E-state index contributed by atoms with van der Waals surface area (Å²) in [5, 5.41) is 14.5. The standard InChI is InChI=1S/C18H23N5O3S/c1-3-4-12-21-22-18(27-12)20-17(26)19-9(2)23-15(24)13-10-5-6-11(8-7-10)14(13)16(23)25/h5-6,9-11,13-14H,3-4,7-8H2,1-2H3,(H2,19,20,22,26)/t9-,10-,11-,13-,14-/m0/s1. The number of rotatable bonds is 5. The summed E-state index contributed by atoms with van der Waals surface area (Å²) in [7, 11) is 0. The van der Waals surface area contributed by atoms with Gasteiger partial charge < -0.3 is 5.32 Å². The van der Waals surface area contributed by atoms with Crippen molar-refractivity contribution in [3.8, 4) is 0 Å². The SMILES string of the molecule is CCCc1nnc(NC(=O)N[C@H](C)N2C(=O)[C@@H]3[C@@H](C2=O)[C@H]2C=C[C@H]3CC2)s1. The molecule has 2 heterocycles. The predicted octanol–water partition coefficient (Wildman–Crippen LogP) is 2.16. The summed E-state index contributed by atoms with van der Waals surface area (Å²) in [5.41, 5.74) is 0. The monoisotopic (exact) mass is 389 g/mol. The number of urea groups is 1. The molecule has 2 bridgehead atoms. The van der Waals surface area contributed by atoms with Crippen molar-refractivity contribution < 1.29 is 14.4 Å². The van der Waals surface area contributed by atoms with Crippen LogP contribution in [0.15, 0.2) is 12.2 Å². The molecular formula is C18H23N5O3S. The highest BCUT2D eigenvalue weighted by Gasteiger charge is 2.57. The molecule has 0 aromatic carbocycles. The lowest BCUT2D eigenvalue weighted by molar-refractivity contribution is -0.142. The molecule has 2 fully saturated rings. The molecule has 1 aliphatic heterocycles. The van der Waals surface area contributed by atoms with Gasteiger partial charge in [-0.3, -0.25) is 19.8 Å². The van der Waals surface area contributed by atoms with Crippen LogP contribution in [-0.2, 0) is 16.0 Å². The van der Waals surface area contributed by atoms with Crippen LogP contribution < -0.4 is 10.6 Å². The minimum absolute atomic E-state index is 0.140. The largest absolute Gasteiger partial charge is 0.322 e. The maximum Gasteiger partial charge on any atom is 0.322 e. The second-order valence-corrected chi connectivity index (χ2v) is 8.48. The molecule has 27 heavy (non-hydrogen) atoms. The number of imide groups is 1. The van der Waals surface area contributed by atoms with Gasteiger partial charge in [-0.05, 0) is 38.0 Å². The van der Waals surface area contributed by atoms with Gasteiger partial charge in [0.05, 0.1) is 11.8 Å². The Kier molecular flexibility index (Phi) is 4.71. The first-order valence-electron chi connectivity index (χ1n) is 9.44. The molecule has 5 rings (SSSR count). The predicted molar refractivity (Wildman–Crippen MR) is 99.7 cm³/mol. The number of hydrogen-bond acceptors (Lipinski definition) is 6. The van der Waals surface area contributed by atoms with Crippen LogP contribution in [0.5, 0.6) is 0 Å². The van der Waals surface area contributed by atoms with Crippen LogP contribution in [0.25, 0.3) is 0 Å². The van der Waals surface area contributed by atoms with E-state index in [1.165, 1.54) is 16.2 Å². The molecule has 0 spiro atoms. The maximum absolute atomic E-state index is 12.9. The highest BCUT2D eigenvalue weighted by atomic mass is 32.1. The van der Waals surface area contributed by atoms with E-state index in [1.807, 2.05) is 6.92 Å². The second kappa shape index (κ2) is 7.03. The number of nitrogens with one attached hydrogen (secondary N) is 2. The van der Waals surface area contributed by atoms with Crippen LogP contribution in [0.4, 0.5) is 9.93 Å². The number of hydrogen-bond donors (Lipinski definition) is 2. The van der Waals surface area contributed by atoms with Crippen molar-refractivity contribution in [1.82, 2.24) is 20.4 Å². The Morgan fingerprint density at radius 3 is 2.41 bits per heavy atom. The number of fused-ring (bicyclic) bond motifs is 1. The normalized spacial score (nSPS) is 29.8. The number of amides is 4. The van der Waals surface area contributed by atoms with Crippen LogP contribution >= 0.6 is 11.3 Å². The van der Waals surface area contributed by atoms with Crippen molar-refractivity contribution in [2.45, 2.75) is 45.7 Å². The highest BCUT2D eigenvalue weighted by Crippen LogP contribution is 2.49. The fraction of sp³-hybridized carbons (Fsp3) is 0.611. The number of allylic oxidation sites excluding steroid dienone is 2.